The van der Waals surface area contributed by atoms with E-state index in [1.54, 1.807) is 48.6 Å². The summed E-state index contributed by atoms with van der Waals surface area (Å²) in [5, 5.41) is 0. The van der Waals surface area contributed by atoms with Crippen molar-refractivity contribution in [1.29, 1.82) is 0 Å². The van der Waals surface area contributed by atoms with Gasteiger partial charge in [-0.15, -0.1) is 5.73 Å². The molecule has 0 heterocycles. The van der Waals surface area contributed by atoms with Crippen molar-refractivity contribution >= 4 is 19.7 Å². The van der Waals surface area contributed by atoms with E-state index >= 15 is 0 Å². The molecule has 3 aromatic carbocycles. The maximum absolute atomic E-state index is 13.1. The van der Waals surface area contributed by atoms with Crippen LogP contribution in [-0.4, -0.2) is 22.9 Å². The van der Waals surface area contributed by atoms with E-state index in [0.717, 1.165) is 5.56 Å². The molecule has 3 aromatic rings. The van der Waals surface area contributed by atoms with Gasteiger partial charge < -0.3 is 9.47 Å². The van der Waals surface area contributed by atoms with Crippen LogP contribution in [0.15, 0.2) is 128 Å². The minimum Gasteiger partial charge on any atom is -0.491 e. The molecular formula is C31H30O6S2. The fourth-order valence-corrected chi connectivity index (χ4v) is 6.27. The van der Waals surface area contributed by atoms with Gasteiger partial charge in [0.2, 0.25) is 19.7 Å². The standard InChI is InChI=1S/C31H30O6S2/c1-22(2)24-8-15-29(16-9-24)39(34,35)31-20-13-27(14-21-31)37-26-11-18-30(19-12-26)38(32,33)28-7-5-6-25(10-17-28)36-23(3)4/h5-6,8-23H,1-4H3. The summed E-state index contributed by atoms with van der Waals surface area (Å²) >= 11 is 0. The topological polar surface area (TPSA) is 86.7 Å². The summed E-state index contributed by atoms with van der Waals surface area (Å²) in [4.78, 5) is 0.493. The lowest BCUT2D eigenvalue weighted by Crippen LogP contribution is -2.03. The fourth-order valence-electron chi connectivity index (χ4n) is 3.79. The number of hydrogen-bond donors (Lipinski definition) is 0. The second kappa shape index (κ2) is 11.5. The molecule has 0 aliphatic heterocycles. The van der Waals surface area contributed by atoms with Gasteiger partial charge in [0.1, 0.15) is 22.2 Å². The van der Waals surface area contributed by atoms with E-state index in [9.17, 15) is 16.8 Å². The monoisotopic (exact) mass is 562 g/mol. The number of ether oxygens (including phenoxy) is 2. The normalized spacial score (nSPS) is 13.7. The molecule has 0 bridgehead atoms. The summed E-state index contributed by atoms with van der Waals surface area (Å²) in [6, 6.07) is 19.0. The van der Waals surface area contributed by atoms with Gasteiger partial charge in [0.25, 0.3) is 0 Å². The van der Waals surface area contributed by atoms with Crippen LogP contribution in [0.5, 0.6) is 11.5 Å². The van der Waals surface area contributed by atoms with Gasteiger partial charge in [-0.1, -0.05) is 26.0 Å². The Morgan fingerprint density at radius 2 is 1.13 bits per heavy atom. The summed E-state index contributed by atoms with van der Waals surface area (Å²) in [7, 11) is -7.47. The third-order valence-electron chi connectivity index (χ3n) is 5.89. The Hall–Kier alpha value is -3.84. The van der Waals surface area contributed by atoms with Crippen LogP contribution >= 0.6 is 0 Å². The molecule has 0 unspecified atom stereocenters. The Bertz CT molecular complexity index is 1670. The van der Waals surface area contributed by atoms with Crippen molar-refractivity contribution in [3.05, 3.63) is 119 Å². The zero-order chi connectivity index (χ0) is 28.2. The lowest BCUT2D eigenvalue weighted by molar-refractivity contribution is 0.158. The molecule has 0 aromatic heterocycles. The van der Waals surface area contributed by atoms with E-state index < -0.39 is 19.7 Å². The van der Waals surface area contributed by atoms with E-state index in [-0.39, 0.29) is 25.7 Å². The first-order valence-electron chi connectivity index (χ1n) is 12.5. The quantitative estimate of drug-likeness (QED) is 0.258. The van der Waals surface area contributed by atoms with Crippen LogP contribution in [0.3, 0.4) is 0 Å². The Balaban J connectivity index is 1.46. The summed E-state index contributed by atoms with van der Waals surface area (Å²) in [5.74, 6) is 1.68. The molecule has 0 spiro atoms. The molecule has 0 atom stereocenters. The van der Waals surface area contributed by atoms with E-state index in [1.165, 1.54) is 36.4 Å². The predicted molar refractivity (Wildman–Crippen MR) is 151 cm³/mol. The van der Waals surface area contributed by atoms with Gasteiger partial charge in [0, 0.05) is 0 Å². The Morgan fingerprint density at radius 3 is 1.62 bits per heavy atom. The third-order valence-corrected chi connectivity index (χ3v) is 9.41. The molecule has 0 N–H and O–H groups in total. The lowest BCUT2D eigenvalue weighted by Gasteiger charge is -2.10. The van der Waals surface area contributed by atoms with Gasteiger partial charge in [-0.2, -0.15) is 0 Å². The summed E-state index contributed by atoms with van der Waals surface area (Å²) in [5.41, 5.74) is 3.86. The van der Waals surface area contributed by atoms with Gasteiger partial charge in [-0.3, -0.25) is 0 Å². The minimum atomic E-state index is -3.81. The zero-order valence-electron chi connectivity index (χ0n) is 22.2. The molecule has 1 aliphatic carbocycles. The SMILES string of the molecule is CC(C)OC1=CC=C=C(S(=O)(=O)c2ccc(Oc3ccc(S(=O)(=O)c4ccc(C(C)C)cc4)cc3)cc2)C=C1. The summed E-state index contributed by atoms with van der Waals surface area (Å²) in [6.45, 7) is 7.88. The van der Waals surface area contributed by atoms with Crippen LogP contribution in [0.4, 0.5) is 0 Å². The van der Waals surface area contributed by atoms with Gasteiger partial charge in [0.05, 0.1) is 20.8 Å². The van der Waals surface area contributed by atoms with Crippen LogP contribution < -0.4 is 4.74 Å². The first kappa shape index (κ1) is 28.2. The van der Waals surface area contributed by atoms with Crippen molar-refractivity contribution in [3.8, 4) is 11.5 Å². The Kier molecular flexibility index (Phi) is 8.31. The molecule has 0 saturated carbocycles. The van der Waals surface area contributed by atoms with Crippen molar-refractivity contribution in [1.82, 2.24) is 0 Å². The maximum Gasteiger partial charge on any atom is 0.213 e. The highest BCUT2D eigenvalue weighted by molar-refractivity contribution is 7.95. The van der Waals surface area contributed by atoms with Gasteiger partial charge in [-0.05, 0) is 110 Å². The van der Waals surface area contributed by atoms with Crippen LogP contribution in [0.1, 0.15) is 39.2 Å². The molecule has 1 aliphatic rings. The first-order valence-corrected chi connectivity index (χ1v) is 15.4. The lowest BCUT2D eigenvalue weighted by atomic mass is 10.0. The average molecular weight is 563 g/mol. The number of sulfone groups is 2. The van der Waals surface area contributed by atoms with Gasteiger partial charge in [-0.25, -0.2) is 16.8 Å². The van der Waals surface area contributed by atoms with Crippen molar-refractivity contribution in [2.24, 2.45) is 0 Å². The van der Waals surface area contributed by atoms with Crippen molar-refractivity contribution in [3.63, 3.8) is 0 Å². The van der Waals surface area contributed by atoms with Crippen LogP contribution in [-0.2, 0) is 24.4 Å². The molecule has 0 fully saturated rings. The van der Waals surface area contributed by atoms with E-state index in [1.807, 2.05) is 26.0 Å². The molecule has 0 radical (unpaired) electrons. The molecular weight excluding hydrogens is 532 g/mol. The third kappa shape index (κ3) is 6.60. The highest BCUT2D eigenvalue weighted by atomic mass is 32.2. The van der Waals surface area contributed by atoms with Gasteiger partial charge in [0.15, 0.2) is 0 Å². The molecule has 8 heteroatoms. The first-order chi connectivity index (χ1) is 18.5. The van der Waals surface area contributed by atoms with Crippen LogP contribution in [0, 0.1) is 0 Å². The van der Waals surface area contributed by atoms with E-state index in [0.29, 0.717) is 23.2 Å². The fraction of sp³-hybridized carbons (Fsp3) is 0.194. The highest BCUT2D eigenvalue weighted by Gasteiger charge is 2.20. The second-order valence-corrected chi connectivity index (χ2v) is 13.4. The van der Waals surface area contributed by atoms with E-state index in [4.69, 9.17) is 9.47 Å². The van der Waals surface area contributed by atoms with Crippen LogP contribution in [0.2, 0.25) is 0 Å². The average Bonchev–Trinajstić information content (AvgIpc) is 3.15. The van der Waals surface area contributed by atoms with E-state index in [2.05, 4.69) is 19.6 Å². The Labute approximate surface area is 230 Å². The molecule has 0 saturated heterocycles. The number of benzene rings is 3. The predicted octanol–water partition coefficient (Wildman–Crippen LogP) is 7.13. The van der Waals surface area contributed by atoms with Gasteiger partial charge >= 0.3 is 0 Å². The second-order valence-electron chi connectivity index (χ2n) is 9.52. The molecule has 202 valence electrons. The highest BCUT2D eigenvalue weighted by Crippen LogP contribution is 2.29. The van der Waals surface area contributed by atoms with Crippen LogP contribution in [0.25, 0.3) is 0 Å². The largest absolute Gasteiger partial charge is 0.491 e. The Morgan fingerprint density at radius 1 is 0.641 bits per heavy atom. The molecule has 4 rings (SSSR count). The maximum atomic E-state index is 13.1. The summed E-state index contributed by atoms with van der Waals surface area (Å²) in [6.07, 6.45) is 6.21. The number of allylic oxidation sites excluding steroid dienone is 3. The number of rotatable bonds is 9. The summed E-state index contributed by atoms with van der Waals surface area (Å²) < 4.78 is 63.7. The number of hydrogen-bond acceptors (Lipinski definition) is 6. The van der Waals surface area contributed by atoms with Crippen molar-refractivity contribution in [2.75, 3.05) is 0 Å². The smallest absolute Gasteiger partial charge is 0.213 e. The zero-order valence-corrected chi connectivity index (χ0v) is 23.8. The molecule has 6 nitrogen and oxygen atoms in total. The minimum absolute atomic E-state index is 0.0189. The van der Waals surface area contributed by atoms with Crippen molar-refractivity contribution < 1.29 is 26.3 Å². The molecule has 39 heavy (non-hydrogen) atoms. The molecule has 0 amide bonds. The van der Waals surface area contributed by atoms with Crippen molar-refractivity contribution in [2.45, 2.75) is 54.4 Å².